The number of halogens is 3. The van der Waals surface area contributed by atoms with Crippen LogP contribution in [0.4, 0.5) is 18.0 Å². The molecule has 0 bridgehead atoms. The van der Waals surface area contributed by atoms with Gasteiger partial charge in [0, 0.05) is 19.0 Å². The van der Waals surface area contributed by atoms with Crippen LogP contribution >= 0.6 is 0 Å². The first-order chi connectivity index (χ1) is 12.8. The van der Waals surface area contributed by atoms with E-state index in [2.05, 4.69) is 10.1 Å². The van der Waals surface area contributed by atoms with E-state index in [9.17, 15) is 22.8 Å². The molecule has 5 nitrogen and oxygen atoms in total. The molecule has 1 aliphatic carbocycles. The summed E-state index contributed by atoms with van der Waals surface area (Å²) in [5.74, 6) is 0.148. The van der Waals surface area contributed by atoms with Crippen molar-refractivity contribution in [2.75, 3.05) is 19.7 Å². The van der Waals surface area contributed by atoms with Crippen molar-refractivity contribution in [1.82, 2.24) is 10.2 Å². The van der Waals surface area contributed by atoms with Crippen LogP contribution in [-0.4, -0.2) is 42.8 Å². The van der Waals surface area contributed by atoms with Crippen molar-refractivity contribution in [3.8, 4) is 0 Å². The lowest BCUT2D eigenvalue weighted by molar-refractivity contribution is -0.162. The third-order valence-electron chi connectivity index (χ3n) is 5.03. The summed E-state index contributed by atoms with van der Waals surface area (Å²) in [5, 5.41) is 3.13. The van der Waals surface area contributed by atoms with Crippen molar-refractivity contribution in [3.63, 3.8) is 0 Å². The summed E-state index contributed by atoms with van der Waals surface area (Å²) in [6.45, 7) is -1.16. The fraction of sp³-hybridized carbons (Fsp3) is 0.579. The van der Waals surface area contributed by atoms with Gasteiger partial charge in [-0.3, -0.25) is 4.79 Å². The third-order valence-corrected chi connectivity index (χ3v) is 5.03. The molecule has 0 radical (unpaired) electrons. The van der Waals surface area contributed by atoms with E-state index in [-0.39, 0.29) is 31.0 Å². The van der Waals surface area contributed by atoms with Gasteiger partial charge in [0.15, 0.2) is 6.61 Å². The minimum absolute atomic E-state index is 0.00604. The molecule has 1 atom stereocenters. The summed E-state index contributed by atoms with van der Waals surface area (Å²) in [7, 11) is 0. The molecule has 2 aliphatic rings. The van der Waals surface area contributed by atoms with Gasteiger partial charge in [0.1, 0.15) is 0 Å². The SMILES string of the molecule is O=C(N[C@H](c1ccccc1)C1CC1)C1CCN(C(=O)OCC(F)(F)F)CC1. The molecule has 1 N–H and O–H groups in total. The number of likely N-dealkylation sites (tertiary alicyclic amines) is 1. The van der Waals surface area contributed by atoms with Crippen molar-refractivity contribution in [1.29, 1.82) is 0 Å². The Balaban J connectivity index is 1.49. The molecule has 0 unspecified atom stereocenters. The van der Waals surface area contributed by atoms with Gasteiger partial charge < -0.3 is 15.0 Å². The molecule has 148 valence electrons. The highest BCUT2D eigenvalue weighted by molar-refractivity contribution is 5.79. The van der Waals surface area contributed by atoms with E-state index in [1.165, 1.54) is 4.90 Å². The van der Waals surface area contributed by atoms with Gasteiger partial charge in [0.05, 0.1) is 6.04 Å². The quantitative estimate of drug-likeness (QED) is 0.843. The van der Waals surface area contributed by atoms with Crippen LogP contribution < -0.4 is 5.32 Å². The normalized spacial score (nSPS) is 19.4. The van der Waals surface area contributed by atoms with Gasteiger partial charge in [-0.2, -0.15) is 13.2 Å². The molecular weight excluding hydrogens is 361 g/mol. The second-order valence-electron chi connectivity index (χ2n) is 7.17. The number of ether oxygens (including phenoxy) is 1. The number of carbonyl (C=O) groups is 2. The Morgan fingerprint density at radius 2 is 1.74 bits per heavy atom. The molecule has 2 amide bonds. The molecule has 0 spiro atoms. The maximum Gasteiger partial charge on any atom is 0.422 e. The average molecular weight is 384 g/mol. The highest BCUT2D eigenvalue weighted by Crippen LogP contribution is 2.41. The zero-order valence-corrected chi connectivity index (χ0v) is 14.9. The minimum atomic E-state index is -4.54. The zero-order chi connectivity index (χ0) is 19.4. The zero-order valence-electron chi connectivity index (χ0n) is 14.9. The largest absolute Gasteiger partial charge is 0.440 e. The molecule has 2 fully saturated rings. The molecule has 3 rings (SSSR count). The molecule has 1 aliphatic heterocycles. The number of alkyl halides is 3. The Hall–Kier alpha value is -2.25. The average Bonchev–Trinajstić information content (AvgIpc) is 3.49. The van der Waals surface area contributed by atoms with Crippen molar-refractivity contribution >= 4 is 12.0 Å². The highest BCUT2D eigenvalue weighted by atomic mass is 19.4. The molecular formula is C19H23F3N2O3. The van der Waals surface area contributed by atoms with Gasteiger partial charge >= 0.3 is 12.3 Å². The summed E-state index contributed by atoms with van der Waals surface area (Å²) < 4.78 is 40.7. The summed E-state index contributed by atoms with van der Waals surface area (Å²) in [4.78, 5) is 25.6. The third kappa shape index (κ3) is 5.61. The minimum Gasteiger partial charge on any atom is -0.440 e. The standard InChI is InChI=1S/C19H23F3N2O3/c20-19(21,22)12-27-18(26)24-10-8-15(9-11-24)17(25)23-16(14-6-7-14)13-4-2-1-3-5-13/h1-5,14-16H,6-12H2,(H,23,25)/t16-/m1/s1. The van der Waals surface area contributed by atoms with E-state index in [1.54, 1.807) is 0 Å². The number of nitrogens with one attached hydrogen (secondary N) is 1. The van der Waals surface area contributed by atoms with Crippen LogP contribution in [0.1, 0.15) is 37.3 Å². The molecule has 8 heteroatoms. The Bertz CT molecular complexity index is 654. The van der Waals surface area contributed by atoms with E-state index < -0.39 is 18.9 Å². The second kappa shape index (κ2) is 8.19. The van der Waals surface area contributed by atoms with Gasteiger partial charge in [-0.15, -0.1) is 0 Å². The van der Waals surface area contributed by atoms with Crippen LogP contribution in [0.2, 0.25) is 0 Å². The van der Waals surface area contributed by atoms with Crippen molar-refractivity contribution in [2.24, 2.45) is 11.8 Å². The van der Waals surface area contributed by atoms with E-state index in [4.69, 9.17) is 0 Å². The van der Waals surface area contributed by atoms with Crippen LogP contribution in [0.3, 0.4) is 0 Å². The lowest BCUT2D eigenvalue weighted by Gasteiger charge is -2.31. The Morgan fingerprint density at radius 3 is 2.30 bits per heavy atom. The van der Waals surface area contributed by atoms with Gasteiger partial charge in [0.2, 0.25) is 5.91 Å². The Morgan fingerprint density at radius 1 is 1.11 bits per heavy atom. The van der Waals surface area contributed by atoms with E-state index >= 15 is 0 Å². The molecule has 1 saturated heterocycles. The monoisotopic (exact) mass is 384 g/mol. The highest BCUT2D eigenvalue weighted by Gasteiger charge is 2.36. The number of piperidine rings is 1. The molecule has 27 heavy (non-hydrogen) atoms. The molecule has 1 aromatic carbocycles. The first-order valence-electron chi connectivity index (χ1n) is 9.17. The maximum absolute atomic E-state index is 12.7. The first-order valence-corrected chi connectivity index (χ1v) is 9.17. The fourth-order valence-electron chi connectivity index (χ4n) is 3.39. The van der Waals surface area contributed by atoms with Gasteiger partial charge in [-0.1, -0.05) is 30.3 Å². The van der Waals surface area contributed by atoms with Crippen LogP contribution in [0.15, 0.2) is 30.3 Å². The number of carbonyl (C=O) groups excluding carboxylic acids is 2. The van der Waals surface area contributed by atoms with E-state index in [1.807, 2.05) is 30.3 Å². The number of nitrogens with zero attached hydrogens (tertiary/aromatic N) is 1. The Labute approximate surface area is 155 Å². The smallest absolute Gasteiger partial charge is 0.422 e. The lowest BCUT2D eigenvalue weighted by atomic mass is 9.94. The number of rotatable bonds is 5. The molecule has 1 saturated carbocycles. The van der Waals surface area contributed by atoms with Crippen molar-refractivity contribution in [2.45, 2.75) is 37.9 Å². The summed E-state index contributed by atoms with van der Waals surface area (Å²) in [6, 6.07) is 9.83. The van der Waals surface area contributed by atoms with Crippen molar-refractivity contribution < 1.29 is 27.5 Å². The van der Waals surface area contributed by atoms with Gasteiger partial charge in [-0.25, -0.2) is 4.79 Å². The summed E-state index contributed by atoms with van der Waals surface area (Å²) in [5.41, 5.74) is 1.08. The topological polar surface area (TPSA) is 58.6 Å². The van der Waals surface area contributed by atoms with Crippen LogP contribution in [0, 0.1) is 11.8 Å². The summed E-state index contributed by atoms with van der Waals surface area (Å²) in [6.07, 6.45) is -2.51. The Kier molecular flexibility index (Phi) is 5.92. The molecule has 0 aromatic heterocycles. The van der Waals surface area contributed by atoms with Crippen molar-refractivity contribution in [3.05, 3.63) is 35.9 Å². The van der Waals surface area contributed by atoms with Gasteiger partial charge in [0.25, 0.3) is 0 Å². The number of hydrogen-bond donors (Lipinski definition) is 1. The summed E-state index contributed by atoms with van der Waals surface area (Å²) >= 11 is 0. The maximum atomic E-state index is 12.7. The van der Waals surface area contributed by atoms with Crippen LogP contribution in [0.25, 0.3) is 0 Å². The molecule has 1 heterocycles. The van der Waals surface area contributed by atoms with E-state index in [0.29, 0.717) is 18.8 Å². The number of benzene rings is 1. The lowest BCUT2D eigenvalue weighted by Crippen LogP contribution is -2.44. The predicted octanol–water partition coefficient (Wildman–Crippen LogP) is 3.66. The number of amides is 2. The first kappa shape index (κ1) is 19.5. The second-order valence-corrected chi connectivity index (χ2v) is 7.17. The fourth-order valence-corrected chi connectivity index (χ4v) is 3.39. The van der Waals surface area contributed by atoms with Crippen LogP contribution in [0.5, 0.6) is 0 Å². The van der Waals surface area contributed by atoms with Crippen LogP contribution in [-0.2, 0) is 9.53 Å². The molecule has 1 aromatic rings. The predicted molar refractivity (Wildman–Crippen MR) is 91.7 cm³/mol. The van der Waals surface area contributed by atoms with Gasteiger partial charge in [-0.05, 0) is 37.2 Å². The number of hydrogen-bond acceptors (Lipinski definition) is 3. The van der Waals surface area contributed by atoms with E-state index in [0.717, 1.165) is 18.4 Å².